The predicted octanol–water partition coefficient (Wildman–Crippen LogP) is 5.62. The molecule has 2 aromatic carbocycles. The SMILES string of the molecule is CN=C(C1=C(N)C(C)N(C)CC1)c1cc(F)c(F)c(F)c1.N#Cc1cc(-c2cc(F)cc(C=O)c2Cl)c[nH]1. The highest BCUT2D eigenvalue weighted by molar-refractivity contribution is 6.35. The van der Waals surface area contributed by atoms with Gasteiger partial charge in [0.2, 0.25) is 0 Å². The summed E-state index contributed by atoms with van der Waals surface area (Å²) in [5, 5.41) is 8.85. The van der Waals surface area contributed by atoms with Crippen LogP contribution in [0.4, 0.5) is 17.6 Å². The van der Waals surface area contributed by atoms with Crippen LogP contribution in [0.2, 0.25) is 5.02 Å². The zero-order valence-corrected chi connectivity index (χ0v) is 21.5. The average Bonchev–Trinajstić information content (AvgIpc) is 3.38. The molecule has 1 aromatic heterocycles. The Labute approximate surface area is 222 Å². The largest absolute Gasteiger partial charge is 0.400 e. The van der Waals surface area contributed by atoms with Crippen molar-refractivity contribution in [1.82, 2.24) is 9.88 Å². The minimum atomic E-state index is -1.48. The summed E-state index contributed by atoms with van der Waals surface area (Å²) in [6.07, 6.45) is 2.65. The van der Waals surface area contributed by atoms with Crippen LogP contribution in [0.3, 0.4) is 0 Å². The van der Waals surface area contributed by atoms with Crippen molar-refractivity contribution in [2.24, 2.45) is 10.7 Å². The second-order valence-corrected chi connectivity index (χ2v) is 8.93. The fourth-order valence-electron chi connectivity index (χ4n) is 4.02. The lowest BCUT2D eigenvalue weighted by molar-refractivity contribution is 0.112. The summed E-state index contributed by atoms with van der Waals surface area (Å²) in [5.74, 6) is -4.49. The number of benzene rings is 2. The van der Waals surface area contributed by atoms with E-state index in [0.29, 0.717) is 40.9 Å². The summed E-state index contributed by atoms with van der Waals surface area (Å²) in [5.41, 5.74) is 9.48. The summed E-state index contributed by atoms with van der Waals surface area (Å²) < 4.78 is 53.2. The fraction of sp³-hybridized carbons (Fsp3) is 0.222. The van der Waals surface area contributed by atoms with E-state index in [9.17, 15) is 22.4 Å². The summed E-state index contributed by atoms with van der Waals surface area (Å²) in [6, 6.07) is 7.65. The molecule has 198 valence electrons. The minimum Gasteiger partial charge on any atom is -0.400 e. The first-order chi connectivity index (χ1) is 18.0. The fourth-order valence-corrected chi connectivity index (χ4v) is 4.28. The number of nitrogens with two attached hydrogens (primary N) is 1. The normalized spacial score (nSPS) is 16.1. The number of carbonyl (C=O) groups is 1. The second kappa shape index (κ2) is 12.1. The van der Waals surface area contributed by atoms with E-state index in [2.05, 4.69) is 14.9 Å². The Balaban J connectivity index is 0.000000215. The molecule has 1 atom stereocenters. The standard InChI is InChI=1S/C15H18F3N3.C12H6ClFN2O/c1-8-14(19)10(4-5-21(8)3)15(20-2)9-6-11(16)13(18)12(17)7-9;13-12-8(6-17)1-9(14)3-11(12)7-2-10(4-15)16-5-7/h6-8H,4-5,19H2,1-3H3;1-3,5-6,16H. The highest BCUT2D eigenvalue weighted by atomic mass is 35.5. The molecule has 0 saturated carbocycles. The van der Waals surface area contributed by atoms with Crippen molar-refractivity contribution in [3.05, 3.63) is 92.9 Å². The van der Waals surface area contributed by atoms with Crippen molar-refractivity contribution < 1.29 is 22.4 Å². The van der Waals surface area contributed by atoms with Gasteiger partial charge in [0.25, 0.3) is 0 Å². The molecule has 1 unspecified atom stereocenters. The summed E-state index contributed by atoms with van der Waals surface area (Å²) >= 11 is 5.97. The number of carbonyl (C=O) groups excluding carboxylic acids is 1. The van der Waals surface area contributed by atoms with Crippen molar-refractivity contribution in [2.45, 2.75) is 19.4 Å². The van der Waals surface area contributed by atoms with Crippen molar-refractivity contribution >= 4 is 23.6 Å². The number of halogens is 5. The molecule has 3 aromatic rings. The summed E-state index contributed by atoms with van der Waals surface area (Å²) in [7, 11) is 3.48. The number of hydrogen-bond acceptors (Lipinski definition) is 5. The summed E-state index contributed by atoms with van der Waals surface area (Å²) in [4.78, 5) is 19.6. The van der Waals surface area contributed by atoms with Gasteiger partial charge in [-0.15, -0.1) is 0 Å². The Morgan fingerprint density at radius 1 is 1.21 bits per heavy atom. The van der Waals surface area contributed by atoms with Crippen LogP contribution < -0.4 is 5.73 Å². The van der Waals surface area contributed by atoms with Crippen molar-refractivity contribution in [1.29, 1.82) is 5.26 Å². The number of aromatic amines is 1. The zero-order valence-electron chi connectivity index (χ0n) is 20.8. The molecular formula is C27H24ClF4N5O. The van der Waals surface area contributed by atoms with Gasteiger partial charge in [-0.1, -0.05) is 11.6 Å². The van der Waals surface area contributed by atoms with Crippen LogP contribution in [-0.2, 0) is 0 Å². The lowest BCUT2D eigenvalue weighted by Gasteiger charge is -2.32. The first-order valence-corrected chi connectivity index (χ1v) is 11.7. The van der Waals surface area contributed by atoms with Gasteiger partial charge < -0.3 is 10.7 Å². The Kier molecular flexibility index (Phi) is 9.09. The van der Waals surface area contributed by atoms with Gasteiger partial charge in [0.05, 0.1) is 10.7 Å². The number of aromatic nitrogens is 1. The van der Waals surface area contributed by atoms with Crippen molar-refractivity contribution in [3.63, 3.8) is 0 Å². The van der Waals surface area contributed by atoms with Crippen molar-refractivity contribution in [2.75, 3.05) is 20.6 Å². The molecule has 0 bridgehead atoms. The lowest BCUT2D eigenvalue weighted by Crippen LogP contribution is -2.40. The van der Waals surface area contributed by atoms with Crippen LogP contribution >= 0.6 is 11.6 Å². The van der Waals surface area contributed by atoms with E-state index in [4.69, 9.17) is 22.6 Å². The Morgan fingerprint density at radius 3 is 2.42 bits per heavy atom. The van der Waals surface area contributed by atoms with Gasteiger partial charge in [-0.3, -0.25) is 14.7 Å². The molecule has 2 heterocycles. The quantitative estimate of drug-likeness (QED) is 0.192. The average molecular weight is 546 g/mol. The number of rotatable bonds is 4. The molecule has 38 heavy (non-hydrogen) atoms. The molecule has 6 nitrogen and oxygen atoms in total. The topological polar surface area (TPSA) is 98.3 Å². The monoisotopic (exact) mass is 545 g/mol. The number of nitriles is 1. The number of nitrogens with zero attached hydrogens (tertiary/aromatic N) is 3. The molecule has 0 radical (unpaired) electrons. The number of hydrogen-bond donors (Lipinski definition) is 2. The molecule has 0 aliphatic carbocycles. The Bertz CT molecular complexity index is 1450. The Morgan fingerprint density at radius 2 is 1.87 bits per heavy atom. The molecule has 3 N–H and O–H groups in total. The molecule has 0 saturated heterocycles. The van der Waals surface area contributed by atoms with E-state index < -0.39 is 23.3 Å². The van der Waals surface area contributed by atoms with Crippen LogP contribution in [0.25, 0.3) is 11.1 Å². The van der Waals surface area contributed by atoms with Gasteiger partial charge in [0, 0.05) is 53.8 Å². The van der Waals surface area contributed by atoms with Gasteiger partial charge in [0.15, 0.2) is 23.7 Å². The zero-order chi connectivity index (χ0) is 28.1. The minimum absolute atomic E-state index is 0.0145. The number of aldehydes is 1. The smallest absolute Gasteiger partial charge is 0.194 e. The third-order valence-electron chi connectivity index (χ3n) is 6.25. The highest BCUT2D eigenvalue weighted by Gasteiger charge is 2.26. The Hall–Kier alpha value is -3.94. The predicted molar refractivity (Wildman–Crippen MR) is 138 cm³/mol. The number of aliphatic imine (C=N–C) groups is 1. The summed E-state index contributed by atoms with van der Waals surface area (Å²) in [6.45, 7) is 2.72. The van der Waals surface area contributed by atoms with Gasteiger partial charge in [-0.05, 0) is 56.3 Å². The lowest BCUT2D eigenvalue weighted by atomic mass is 9.92. The van der Waals surface area contributed by atoms with Crippen LogP contribution in [0.15, 0.2) is 52.8 Å². The van der Waals surface area contributed by atoms with Gasteiger partial charge in [-0.2, -0.15) is 5.26 Å². The molecule has 0 fully saturated rings. The van der Waals surface area contributed by atoms with Gasteiger partial charge >= 0.3 is 0 Å². The molecule has 1 aliphatic rings. The van der Waals surface area contributed by atoms with E-state index in [0.717, 1.165) is 30.3 Å². The van der Waals surface area contributed by atoms with E-state index >= 15 is 0 Å². The maximum absolute atomic E-state index is 13.4. The number of likely N-dealkylation sites (N-methyl/N-ethyl adjacent to an activating group) is 1. The molecule has 0 spiro atoms. The van der Waals surface area contributed by atoms with Crippen LogP contribution in [0, 0.1) is 34.6 Å². The van der Waals surface area contributed by atoms with E-state index in [1.165, 1.54) is 25.4 Å². The van der Waals surface area contributed by atoms with E-state index in [-0.39, 0.29) is 22.2 Å². The van der Waals surface area contributed by atoms with Crippen LogP contribution in [0.5, 0.6) is 0 Å². The van der Waals surface area contributed by atoms with Crippen molar-refractivity contribution in [3.8, 4) is 17.2 Å². The van der Waals surface area contributed by atoms with Crippen LogP contribution in [0.1, 0.15) is 35.0 Å². The first-order valence-electron chi connectivity index (χ1n) is 11.4. The van der Waals surface area contributed by atoms with Crippen LogP contribution in [-0.4, -0.2) is 48.6 Å². The highest BCUT2D eigenvalue weighted by Crippen LogP contribution is 2.31. The molecule has 1 aliphatic heterocycles. The molecule has 11 heteroatoms. The molecular weight excluding hydrogens is 522 g/mol. The van der Waals surface area contributed by atoms with Gasteiger partial charge in [-0.25, -0.2) is 17.6 Å². The van der Waals surface area contributed by atoms with E-state index in [1.54, 1.807) is 0 Å². The molecule has 4 rings (SSSR count). The number of nitrogens with one attached hydrogen (secondary N) is 1. The molecule has 0 amide bonds. The first kappa shape index (κ1) is 28.6. The maximum Gasteiger partial charge on any atom is 0.194 e. The maximum atomic E-state index is 13.4. The number of H-pyrrole nitrogens is 1. The van der Waals surface area contributed by atoms with Gasteiger partial charge in [0.1, 0.15) is 17.6 Å². The van der Waals surface area contributed by atoms with E-state index in [1.807, 2.05) is 20.0 Å². The third-order valence-corrected chi connectivity index (χ3v) is 6.67. The second-order valence-electron chi connectivity index (χ2n) is 8.55. The third kappa shape index (κ3) is 5.96.